The summed E-state index contributed by atoms with van der Waals surface area (Å²) < 4.78 is 13.2. The predicted octanol–water partition coefficient (Wildman–Crippen LogP) is 10.5. The van der Waals surface area contributed by atoms with Gasteiger partial charge in [0.15, 0.2) is 0 Å². The number of benzene rings is 2. The van der Waals surface area contributed by atoms with Crippen LogP contribution in [0.4, 0.5) is 0 Å². The number of rotatable bonds is 12. The Bertz CT molecular complexity index is 1100. The summed E-state index contributed by atoms with van der Waals surface area (Å²) in [4.78, 5) is 0. The molecule has 2 aromatic rings. The van der Waals surface area contributed by atoms with Crippen LogP contribution < -0.4 is 15.2 Å². The summed E-state index contributed by atoms with van der Waals surface area (Å²) in [6.45, 7) is 36.6. The third-order valence-electron chi connectivity index (χ3n) is 8.98. The molecule has 0 aliphatic carbocycles. The SMILES string of the molecule is CCCCOc1c(C(C)(C)C)cc(C(O)(c2cc(C(C)(C)C)c(OCCCC)c(C(C)(C)C)c2)C(N)C(C)C)cc1C(C)(C)C. The molecule has 0 radical (unpaired) electrons. The van der Waals surface area contributed by atoms with Crippen LogP contribution in [-0.4, -0.2) is 24.4 Å². The van der Waals surface area contributed by atoms with Crippen LogP contribution in [0, 0.1) is 5.92 Å². The molecule has 0 aromatic heterocycles. The molecule has 0 aliphatic heterocycles. The summed E-state index contributed by atoms with van der Waals surface area (Å²) >= 11 is 0. The van der Waals surface area contributed by atoms with Gasteiger partial charge in [-0.05, 0) is 75.8 Å². The molecule has 1 unspecified atom stereocenters. The molecular formula is C41H69NO3. The minimum atomic E-state index is -1.46. The Morgan fingerprint density at radius 2 is 0.844 bits per heavy atom. The highest BCUT2D eigenvalue weighted by molar-refractivity contribution is 5.58. The van der Waals surface area contributed by atoms with Gasteiger partial charge in [-0.15, -0.1) is 0 Å². The summed E-state index contributed by atoms with van der Waals surface area (Å²) in [6.07, 6.45) is 4.13. The van der Waals surface area contributed by atoms with E-state index < -0.39 is 11.6 Å². The highest BCUT2D eigenvalue weighted by Gasteiger charge is 2.44. The molecule has 4 nitrogen and oxygen atoms in total. The van der Waals surface area contributed by atoms with Crippen molar-refractivity contribution in [3.8, 4) is 11.5 Å². The Kier molecular flexibility index (Phi) is 12.5. The van der Waals surface area contributed by atoms with Gasteiger partial charge in [-0.2, -0.15) is 0 Å². The molecule has 0 saturated carbocycles. The van der Waals surface area contributed by atoms with Crippen LogP contribution in [0.25, 0.3) is 0 Å². The number of ether oxygens (including phenoxy) is 2. The fraction of sp³-hybridized carbons (Fsp3) is 0.707. The van der Waals surface area contributed by atoms with Gasteiger partial charge >= 0.3 is 0 Å². The van der Waals surface area contributed by atoms with Crippen molar-refractivity contribution in [2.45, 2.75) is 170 Å². The van der Waals surface area contributed by atoms with Crippen molar-refractivity contribution in [2.24, 2.45) is 11.7 Å². The zero-order chi connectivity index (χ0) is 34.8. The minimum Gasteiger partial charge on any atom is -0.493 e. The van der Waals surface area contributed by atoms with Gasteiger partial charge in [0.05, 0.1) is 13.2 Å². The normalized spacial score (nSPS) is 14.2. The maximum Gasteiger partial charge on any atom is 0.130 e. The summed E-state index contributed by atoms with van der Waals surface area (Å²) in [5.74, 6) is 1.90. The van der Waals surface area contributed by atoms with E-state index in [1.165, 1.54) is 0 Å². The van der Waals surface area contributed by atoms with Crippen LogP contribution in [0.2, 0.25) is 0 Å². The molecule has 4 heteroatoms. The van der Waals surface area contributed by atoms with Crippen molar-refractivity contribution in [3.05, 3.63) is 57.6 Å². The largest absolute Gasteiger partial charge is 0.493 e. The van der Waals surface area contributed by atoms with Crippen LogP contribution in [0.15, 0.2) is 24.3 Å². The van der Waals surface area contributed by atoms with Gasteiger partial charge in [0.1, 0.15) is 17.1 Å². The number of hydrogen-bond acceptors (Lipinski definition) is 4. The lowest BCUT2D eigenvalue weighted by Gasteiger charge is -2.41. The maximum atomic E-state index is 13.4. The topological polar surface area (TPSA) is 64.7 Å². The Morgan fingerprint density at radius 3 is 1.04 bits per heavy atom. The van der Waals surface area contributed by atoms with Gasteiger partial charge in [0.2, 0.25) is 0 Å². The fourth-order valence-electron chi connectivity index (χ4n) is 5.91. The van der Waals surface area contributed by atoms with E-state index in [0.717, 1.165) is 70.6 Å². The summed E-state index contributed by atoms with van der Waals surface area (Å²) in [7, 11) is 0. The molecule has 0 aliphatic rings. The molecule has 0 saturated heterocycles. The molecule has 0 amide bonds. The van der Waals surface area contributed by atoms with Gasteiger partial charge in [0.25, 0.3) is 0 Å². The van der Waals surface area contributed by atoms with Crippen molar-refractivity contribution >= 4 is 0 Å². The zero-order valence-electron chi connectivity index (χ0n) is 32.0. The van der Waals surface area contributed by atoms with Gasteiger partial charge < -0.3 is 20.3 Å². The summed E-state index contributed by atoms with van der Waals surface area (Å²) in [6, 6.07) is 8.16. The van der Waals surface area contributed by atoms with E-state index in [-0.39, 0.29) is 27.6 Å². The maximum absolute atomic E-state index is 13.4. The molecule has 3 N–H and O–H groups in total. The third-order valence-corrected chi connectivity index (χ3v) is 8.98. The van der Waals surface area contributed by atoms with E-state index in [1.54, 1.807) is 0 Å². The molecule has 2 rings (SSSR count). The highest BCUT2D eigenvalue weighted by Crippen LogP contribution is 2.48. The van der Waals surface area contributed by atoms with Gasteiger partial charge in [-0.25, -0.2) is 0 Å². The first kappa shape index (κ1) is 39.1. The lowest BCUT2D eigenvalue weighted by molar-refractivity contribution is 0.0347. The number of unbranched alkanes of at least 4 members (excludes halogenated alkanes) is 2. The van der Waals surface area contributed by atoms with Crippen LogP contribution in [0.5, 0.6) is 11.5 Å². The lowest BCUT2D eigenvalue weighted by Crippen LogP contribution is -2.50. The highest BCUT2D eigenvalue weighted by atomic mass is 16.5. The molecule has 45 heavy (non-hydrogen) atoms. The number of aliphatic hydroxyl groups is 1. The first-order chi connectivity index (χ1) is 20.4. The van der Waals surface area contributed by atoms with E-state index in [9.17, 15) is 5.11 Å². The fourth-order valence-corrected chi connectivity index (χ4v) is 5.91. The number of hydrogen-bond donors (Lipinski definition) is 2. The molecule has 0 fully saturated rings. The molecule has 2 aromatic carbocycles. The van der Waals surface area contributed by atoms with E-state index in [4.69, 9.17) is 15.2 Å². The zero-order valence-corrected chi connectivity index (χ0v) is 32.0. The second-order valence-electron chi connectivity index (χ2n) is 17.7. The smallest absolute Gasteiger partial charge is 0.130 e. The second kappa shape index (κ2) is 14.4. The van der Waals surface area contributed by atoms with Crippen molar-refractivity contribution in [1.29, 1.82) is 0 Å². The minimum absolute atomic E-state index is 0.0170. The third kappa shape index (κ3) is 9.07. The monoisotopic (exact) mass is 624 g/mol. The lowest BCUT2D eigenvalue weighted by atomic mass is 9.69. The average Bonchev–Trinajstić information content (AvgIpc) is 2.89. The molecular weight excluding hydrogens is 554 g/mol. The average molecular weight is 624 g/mol. The first-order valence-electron chi connectivity index (χ1n) is 17.5. The van der Waals surface area contributed by atoms with E-state index >= 15 is 0 Å². The van der Waals surface area contributed by atoms with Crippen LogP contribution in [0.3, 0.4) is 0 Å². The molecule has 0 heterocycles. The van der Waals surface area contributed by atoms with Crippen molar-refractivity contribution < 1.29 is 14.6 Å². The Hall–Kier alpha value is -2.04. The Morgan fingerprint density at radius 1 is 0.578 bits per heavy atom. The van der Waals surface area contributed by atoms with Gasteiger partial charge in [-0.3, -0.25) is 0 Å². The first-order valence-corrected chi connectivity index (χ1v) is 17.5. The Labute approximate surface area is 277 Å². The molecule has 256 valence electrons. The van der Waals surface area contributed by atoms with Crippen molar-refractivity contribution in [3.63, 3.8) is 0 Å². The van der Waals surface area contributed by atoms with Crippen molar-refractivity contribution in [1.82, 2.24) is 0 Å². The van der Waals surface area contributed by atoms with Crippen LogP contribution in [0.1, 0.15) is 170 Å². The van der Waals surface area contributed by atoms with E-state index in [0.29, 0.717) is 13.2 Å². The van der Waals surface area contributed by atoms with E-state index in [2.05, 4.69) is 135 Å². The van der Waals surface area contributed by atoms with Crippen molar-refractivity contribution in [2.75, 3.05) is 13.2 Å². The summed E-state index contributed by atoms with van der Waals surface area (Å²) in [5.41, 5.74) is 10.9. The predicted molar refractivity (Wildman–Crippen MR) is 194 cm³/mol. The van der Waals surface area contributed by atoms with Crippen LogP contribution in [-0.2, 0) is 27.3 Å². The van der Waals surface area contributed by atoms with Gasteiger partial charge in [0, 0.05) is 28.3 Å². The molecule has 0 spiro atoms. The number of nitrogens with two attached hydrogens (primary N) is 1. The quantitative estimate of drug-likeness (QED) is 0.231. The van der Waals surface area contributed by atoms with Crippen LogP contribution >= 0.6 is 0 Å². The molecule has 1 atom stereocenters. The van der Waals surface area contributed by atoms with E-state index in [1.807, 2.05) is 0 Å². The summed E-state index contributed by atoms with van der Waals surface area (Å²) in [5, 5.41) is 13.4. The standard InChI is InChI=1S/C41H69NO3/c1-17-19-21-44-34-30(37(5,6)7)23-28(24-31(34)38(8,9)10)41(43,36(42)27(3)4)29-25-32(39(11,12)13)35(45-22-20-18-2)33(26-29)40(14,15)16/h23-27,36,43H,17-22,42H2,1-16H3. The second-order valence-corrected chi connectivity index (χ2v) is 17.7. The van der Waals surface area contributed by atoms with Gasteiger partial charge in [-0.1, -0.05) is 124 Å². The molecule has 0 bridgehead atoms. The Balaban J connectivity index is 3.17.